The molecule has 0 aliphatic heterocycles. The first-order valence-corrected chi connectivity index (χ1v) is 12.7. The summed E-state index contributed by atoms with van der Waals surface area (Å²) < 4.78 is 5.49. The molecule has 1 aliphatic carbocycles. The predicted molar refractivity (Wildman–Crippen MR) is 139 cm³/mol. The van der Waals surface area contributed by atoms with E-state index in [1.807, 2.05) is 58.0 Å². The Morgan fingerprint density at radius 1 is 1.00 bits per heavy atom. The Labute approximate surface area is 217 Å². The highest BCUT2D eigenvalue weighted by Gasteiger charge is 2.56. The molecule has 36 heavy (non-hydrogen) atoms. The van der Waals surface area contributed by atoms with Crippen LogP contribution < -0.4 is 15.4 Å². The molecule has 2 aromatic rings. The Balaban J connectivity index is 1.64. The number of carbonyl (C=O) groups is 3. The average molecular weight is 515 g/mol. The Morgan fingerprint density at radius 3 is 2.25 bits per heavy atom. The minimum Gasteiger partial charge on any atom is -0.482 e. The summed E-state index contributed by atoms with van der Waals surface area (Å²) in [5.74, 6) is -1.46. The first-order chi connectivity index (χ1) is 17.1. The molecule has 1 aliphatic rings. The van der Waals surface area contributed by atoms with Crippen LogP contribution >= 0.6 is 11.6 Å². The van der Waals surface area contributed by atoms with E-state index in [9.17, 15) is 19.5 Å². The maximum atomic E-state index is 13.3. The number of hydrogen-bond donors (Lipinski definition) is 3. The lowest BCUT2D eigenvalue weighted by atomic mass is 9.92. The number of hydrogen-bond acceptors (Lipinski definition) is 5. The predicted octanol–water partition coefficient (Wildman–Crippen LogP) is 3.73. The molecule has 0 aromatic heterocycles. The van der Waals surface area contributed by atoms with E-state index in [1.54, 1.807) is 24.3 Å². The molecule has 0 radical (unpaired) electrons. The van der Waals surface area contributed by atoms with Crippen LogP contribution in [0.4, 0.5) is 0 Å². The van der Waals surface area contributed by atoms with Crippen molar-refractivity contribution in [2.45, 2.75) is 58.2 Å². The molecule has 7 nitrogen and oxygen atoms in total. The van der Waals surface area contributed by atoms with Crippen LogP contribution in [0.1, 0.15) is 45.6 Å². The van der Waals surface area contributed by atoms with Gasteiger partial charge in [0, 0.05) is 0 Å². The standard InChI is InChI=1S/C28H35ClN2O5/c1-16(2)14-20(30-22(32)15-36-21-13-9-8-12-19(21)29)28(35)31-25(17(3)4)27(34)24-23(26(24)33)18-10-6-5-7-11-18/h5-13,16-17,20,23-25,27,34H,14-15H2,1-4H3,(H,30,32)(H,31,35)/t20-,23?,24?,25-,27-/m0/s1. The van der Waals surface area contributed by atoms with E-state index in [4.69, 9.17) is 16.3 Å². The molecule has 3 rings (SSSR count). The minimum atomic E-state index is -1.04. The number of rotatable bonds is 12. The van der Waals surface area contributed by atoms with Crippen molar-refractivity contribution in [3.05, 3.63) is 65.2 Å². The molecule has 2 unspecified atom stereocenters. The van der Waals surface area contributed by atoms with Crippen molar-refractivity contribution in [3.63, 3.8) is 0 Å². The Kier molecular flexibility index (Phi) is 9.51. The number of ketones is 1. The van der Waals surface area contributed by atoms with Crippen molar-refractivity contribution in [3.8, 4) is 5.75 Å². The van der Waals surface area contributed by atoms with Gasteiger partial charge in [0.2, 0.25) is 5.91 Å². The molecule has 1 fully saturated rings. The first-order valence-electron chi connectivity index (χ1n) is 12.3. The van der Waals surface area contributed by atoms with Crippen molar-refractivity contribution in [2.75, 3.05) is 6.61 Å². The van der Waals surface area contributed by atoms with E-state index in [-0.39, 0.29) is 30.1 Å². The van der Waals surface area contributed by atoms with E-state index >= 15 is 0 Å². The number of carbonyl (C=O) groups excluding carboxylic acids is 3. The first kappa shape index (κ1) is 27.7. The summed E-state index contributed by atoms with van der Waals surface area (Å²) in [7, 11) is 0. The quantitative estimate of drug-likeness (QED) is 0.400. The topological polar surface area (TPSA) is 105 Å². The number of aliphatic hydroxyl groups excluding tert-OH is 1. The third-order valence-electron chi connectivity index (χ3n) is 6.36. The van der Waals surface area contributed by atoms with Gasteiger partial charge in [0.25, 0.3) is 5.91 Å². The zero-order chi connectivity index (χ0) is 26.4. The maximum absolute atomic E-state index is 13.3. The van der Waals surface area contributed by atoms with Crippen molar-refractivity contribution in [2.24, 2.45) is 17.8 Å². The van der Waals surface area contributed by atoms with Gasteiger partial charge in [0.05, 0.1) is 29.0 Å². The number of halogens is 1. The van der Waals surface area contributed by atoms with Gasteiger partial charge in [-0.1, -0.05) is 81.8 Å². The van der Waals surface area contributed by atoms with E-state index in [0.717, 1.165) is 5.56 Å². The van der Waals surface area contributed by atoms with Crippen molar-refractivity contribution in [1.82, 2.24) is 10.6 Å². The molecular weight excluding hydrogens is 480 g/mol. The number of ether oxygens (including phenoxy) is 1. The Morgan fingerprint density at radius 2 is 1.64 bits per heavy atom. The second-order valence-electron chi connectivity index (χ2n) is 10.1. The molecule has 0 spiro atoms. The molecule has 5 atom stereocenters. The van der Waals surface area contributed by atoms with Gasteiger partial charge in [-0.2, -0.15) is 0 Å². The third-order valence-corrected chi connectivity index (χ3v) is 6.67. The van der Waals surface area contributed by atoms with Gasteiger partial charge in [-0.25, -0.2) is 0 Å². The molecule has 2 amide bonds. The van der Waals surface area contributed by atoms with Crippen LogP contribution in [0.5, 0.6) is 5.75 Å². The lowest BCUT2D eigenvalue weighted by molar-refractivity contribution is -0.131. The molecular formula is C28H35ClN2O5. The fourth-order valence-electron chi connectivity index (χ4n) is 4.44. The van der Waals surface area contributed by atoms with Gasteiger partial charge in [-0.3, -0.25) is 14.4 Å². The van der Waals surface area contributed by atoms with E-state index in [1.165, 1.54) is 0 Å². The van der Waals surface area contributed by atoms with E-state index in [2.05, 4.69) is 10.6 Å². The van der Waals surface area contributed by atoms with Crippen LogP contribution in [0.2, 0.25) is 5.02 Å². The number of benzene rings is 2. The van der Waals surface area contributed by atoms with Gasteiger partial charge in [-0.05, 0) is 36.0 Å². The van der Waals surface area contributed by atoms with Crippen LogP contribution in [0.15, 0.2) is 54.6 Å². The summed E-state index contributed by atoms with van der Waals surface area (Å²) in [6.45, 7) is 7.37. The maximum Gasteiger partial charge on any atom is 0.258 e. The van der Waals surface area contributed by atoms with E-state index < -0.39 is 35.9 Å². The summed E-state index contributed by atoms with van der Waals surface area (Å²) in [5.41, 5.74) is 0.865. The molecule has 0 heterocycles. The average Bonchev–Trinajstić information content (AvgIpc) is 3.51. The highest BCUT2D eigenvalue weighted by molar-refractivity contribution is 6.32. The zero-order valence-corrected chi connectivity index (χ0v) is 21.9. The van der Waals surface area contributed by atoms with E-state index in [0.29, 0.717) is 17.2 Å². The lowest BCUT2D eigenvalue weighted by Gasteiger charge is -2.30. The van der Waals surface area contributed by atoms with Crippen molar-refractivity contribution >= 4 is 29.2 Å². The second-order valence-corrected chi connectivity index (χ2v) is 10.5. The zero-order valence-electron chi connectivity index (χ0n) is 21.1. The minimum absolute atomic E-state index is 0.0302. The van der Waals surface area contributed by atoms with Crippen LogP contribution in [0.3, 0.4) is 0 Å². The Hall–Kier alpha value is -2.90. The highest BCUT2D eigenvalue weighted by Crippen LogP contribution is 2.46. The smallest absolute Gasteiger partial charge is 0.258 e. The molecule has 0 bridgehead atoms. The number of aliphatic hydroxyl groups is 1. The fourth-order valence-corrected chi connectivity index (χ4v) is 4.63. The largest absolute Gasteiger partial charge is 0.482 e. The fraction of sp³-hybridized carbons (Fsp3) is 0.464. The number of amides is 2. The molecule has 2 aromatic carbocycles. The number of nitrogens with one attached hydrogen (secondary N) is 2. The van der Waals surface area contributed by atoms with Crippen LogP contribution in [-0.4, -0.2) is 47.5 Å². The third kappa shape index (κ3) is 7.08. The highest BCUT2D eigenvalue weighted by atomic mass is 35.5. The van der Waals surface area contributed by atoms with Crippen LogP contribution in [0, 0.1) is 17.8 Å². The molecule has 8 heteroatoms. The monoisotopic (exact) mass is 514 g/mol. The van der Waals surface area contributed by atoms with Gasteiger partial charge >= 0.3 is 0 Å². The van der Waals surface area contributed by atoms with Gasteiger partial charge in [-0.15, -0.1) is 0 Å². The number of Topliss-reactive ketones (excluding diaryl/α,β-unsaturated/α-hetero) is 1. The lowest BCUT2D eigenvalue weighted by Crippen LogP contribution is -2.55. The van der Waals surface area contributed by atoms with Crippen LogP contribution in [0.25, 0.3) is 0 Å². The summed E-state index contributed by atoms with van der Waals surface area (Å²) in [6, 6.07) is 14.7. The molecule has 3 N–H and O–H groups in total. The van der Waals surface area contributed by atoms with Crippen molar-refractivity contribution in [1.29, 1.82) is 0 Å². The number of para-hydroxylation sites is 1. The Bertz CT molecular complexity index is 1060. The van der Waals surface area contributed by atoms with Gasteiger partial charge < -0.3 is 20.5 Å². The summed E-state index contributed by atoms with van der Waals surface area (Å²) in [4.78, 5) is 38.4. The normalized spacial score (nSPS) is 19.5. The van der Waals surface area contributed by atoms with Gasteiger partial charge in [0.15, 0.2) is 6.61 Å². The SMILES string of the molecule is CC(C)C[C@H](NC(=O)COc1ccccc1Cl)C(=O)N[C@@H](C(C)C)[C@@H](O)C1C(=O)C1c1ccccc1. The molecule has 0 saturated heterocycles. The summed E-state index contributed by atoms with van der Waals surface area (Å²) in [6.07, 6.45) is -0.634. The van der Waals surface area contributed by atoms with Crippen LogP contribution in [-0.2, 0) is 14.4 Å². The van der Waals surface area contributed by atoms with Gasteiger partial charge in [0.1, 0.15) is 17.6 Å². The molecule has 194 valence electrons. The molecule has 1 saturated carbocycles. The summed E-state index contributed by atoms with van der Waals surface area (Å²) >= 11 is 6.07. The summed E-state index contributed by atoms with van der Waals surface area (Å²) in [5, 5.41) is 17.1. The van der Waals surface area contributed by atoms with Crippen molar-refractivity contribution < 1.29 is 24.2 Å². The second kappa shape index (κ2) is 12.4.